The molecular formula is C17H25N3O2. The predicted molar refractivity (Wildman–Crippen MR) is 86.6 cm³/mol. The molecule has 0 aliphatic heterocycles. The standard InChI is InChI=1S/C17H25N3O2/c1-12-3-9-15(10-4-12)20-17(22)19-11-13-5-7-14(8-6-13)16(21)18-2/h5-8,12,15H,3-4,9-11H2,1-2H3,(H,18,21)(H2,19,20,22). The number of hydrogen-bond acceptors (Lipinski definition) is 2. The quantitative estimate of drug-likeness (QED) is 0.799. The first kappa shape index (κ1) is 16.3. The molecule has 3 amide bonds. The van der Waals surface area contributed by atoms with E-state index in [9.17, 15) is 9.59 Å². The Morgan fingerprint density at radius 2 is 1.73 bits per heavy atom. The van der Waals surface area contributed by atoms with Crippen LogP contribution in [0.5, 0.6) is 0 Å². The van der Waals surface area contributed by atoms with Crippen LogP contribution in [0.1, 0.15) is 48.5 Å². The van der Waals surface area contributed by atoms with Crippen molar-refractivity contribution in [2.45, 2.75) is 45.2 Å². The highest BCUT2D eigenvalue weighted by atomic mass is 16.2. The lowest BCUT2D eigenvalue weighted by molar-refractivity contribution is 0.0963. The van der Waals surface area contributed by atoms with Gasteiger partial charge in [0.25, 0.3) is 5.91 Å². The molecule has 0 atom stereocenters. The lowest BCUT2D eigenvalue weighted by Gasteiger charge is -2.26. The van der Waals surface area contributed by atoms with E-state index in [0.29, 0.717) is 18.2 Å². The highest BCUT2D eigenvalue weighted by molar-refractivity contribution is 5.93. The van der Waals surface area contributed by atoms with Gasteiger partial charge in [-0.15, -0.1) is 0 Å². The number of carbonyl (C=O) groups is 2. The van der Waals surface area contributed by atoms with E-state index in [2.05, 4.69) is 22.9 Å². The summed E-state index contributed by atoms with van der Waals surface area (Å²) in [5, 5.41) is 8.48. The van der Waals surface area contributed by atoms with Gasteiger partial charge in [0.05, 0.1) is 0 Å². The molecule has 2 rings (SSSR count). The topological polar surface area (TPSA) is 70.2 Å². The van der Waals surface area contributed by atoms with Crippen LogP contribution in [0.3, 0.4) is 0 Å². The van der Waals surface area contributed by atoms with Crippen molar-refractivity contribution >= 4 is 11.9 Å². The summed E-state index contributed by atoms with van der Waals surface area (Å²) in [5.41, 5.74) is 1.59. The van der Waals surface area contributed by atoms with Crippen molar-refractivity contribution < 1.29 is 9.59 Å². The molecule has 120 valence electrons. The van der Waals surface area contributed by atoms with Crippen LogP contribution in [0.4, 0.5) is 4.79 Å². The number of urea groups is 1. The van der Waals surface area contributed by atoms with Crippen molar-refractivity contribution in [3.63, 3.8) is 0 Å². The lowest BCUT2D eigenvalue weighted by atomic mass is 9.87. The van der Waals surface area contributed by atoms with Crippen molar-refractivity contribution in [1.29, 1.82) is 0 Å². The molecule has 0 heterocycles. The first-order valence-electron chi connectivity index (χ1n) is 7.94. The van der Waals surface area contributed by atoms with Crippen LogP contribution >= 0.6 is 0 Å². The summed E-state index contributed by atoms with van der Waals surface area (Å²) >= 11 is 0. The summed E-state index contributed by atoms with van der Waals surface area (Å²) in [7, 11) is 1.61. The minimum absolute atomic E-state index is 0.108. The fraction of sp³-hybridized carbons (Fsp3) is 0.529. The Morgan fingerprint density at radius 3 is 2.32 bits per heavy atom. The Hall–Kier alpha value is -2.04. The maximum atomic E-state index is 11.9. The Morgan fingerprint density at radius 1 is 1.09 bits per heavy atom. The zero-order chi connectivity index (χ0) is 15.9. The summed E-state index contributed by atoms with van der Waals surface area (Å²) < 4.78 is 0. The number of amides is 3. The second-order valence-corrected chi connectivity index (χ2v) is 6.06. The Labute approximate surface area is 131 Å². The minimum atomic E-state index is -0.116. The Bertz CT molecular complexity index is 505. The molecule has 22 heavy (non-hydrogen) atoms. The summed E-state index contributed by atoms with van der Waals surface area (Å²) in [4.78, 5) is 23.3. The van der Waals surface area contributed by atoms with Gasteiger partial charge < -0.3 is 16.0 Å². The normalized spacial score (nSPS) is 21.0. The van der Waals surface area contributed by atoms with Crippen molar-refractivity contribution in [3.05, 3.63) is 35.4 Å². The second kappa shape index (κ2) is 7.82. The summed E-state index contributed by atoms with van der Waals surface area (Å²) in [6.45, 7) is 2.72. The van der Waals surface area contributed by atoms with Crippen LogP contribution in [0, 0.1) is 5.92 Å². The molecule has 1 aliphatic rings. The monoisotopic (exact) mass is 303 g/mol. The van der Waals surface area contributed by atoms with Crippen LogP contribution in [0.2, 0.25) is 0 Å². The summed E-state index contributed by atoms with van der Waals surface area (Å²) in [5.74, 6) is 0.670. The van der Waals surface area contributed by atoms with E-state index in [1.54, 1.807) is 19.2 Å². The highest BCUT2D eigenvalue weighted by Gasteiger charge is 2.19. The molecule has 3 N–H and O–H groups in total. The molecule has 0 radical (unpaired) electrons. The third kappa shape index (κ3) is 4.76. The second-order valence-electron chi connectivity index (χ2n) is 6.06. The average molecular weight is 303 g/mol. The Balaban J connectivity index is 1.75. The molecule has 1 aromatic rings. The van der Waals surface area contributed by atoms with Gasteiger partial charge in [-0.1, -0.05) is 19.1 Å². The van der Waals surface area contributed by atoms with Gasteiger partial charge in [0.1, 0.15) is 0 Å². The molecule has 0 saturated heterocycles. The first-order chi connectivity index (χ1) is 10.6. The molecule has 0 bridgehead atoms. The summed E-state index contributed by atoms with van der Waals surface area (Å²) in [6, 6.07) is 7.41. The van der Waals surface area contributed by atoms with Gasteiger partial charge in [-0.25, -0.2) is 4.79 Å². The van der Waals surface area contributed by atoms with Gasteiger partial charge >= 0.3 is 6.03 Å². The van der Waals surface area contributed by atoms with Gasteiger partial charge in [0, 0.05) is 25.2 Å². The zero-order valence-electron chi connectivity index (χ0n) is 13.3. The van der Waals surface area contributed by atoms with E-state index in [0.717, 1.165) is 24.3 Å². The lowest BCUT2D eigenvalue weighted by Crippen LogP contribution is -2.43. The molecule has 0 unspecified atom stereocenters. The van der Waals surface area contributed by atoms with Crippen LogP contribution in [0.15, 0.2) is 24.3 Å². The van der Waals surface area contributed by atoms with E-state index in [-0.39, 0.29) is 11.9 Å². The zero-order valence-corrected chi connectivity index (χ0v) is 13.3. The molecular weight excluding hydrogens is 278 g/mol. The smallest absolute Gasteiger partial charge is 0.315 e. The van der Waals surface area contributed by atoms with Gasteiger partial charge in [-0.3, -0.25) is 4.79 Å². The largest absolute Gasteiger partial charge is 0.355 e. The van der Waals surface area contributed by atoms with E-state index >= 15 is 0 Å². The van der Waals surface area contributed by atoms with Crippen LogP contribution in [-0.2, 0) is 6.54 Å². The van der Waals surface area contributed by atoms with Crippen molar-refractivity contribution in [2.24, 2.45) is 5.92 Å². The highest BCUT2D eigenvalue weighted by Crippen LogP contribution is 2.23. The molecule has 1 fully saturated rings. The molecule has 1 aromatic carbocycles. The SMILES string of the molecule is CNC(=O)c1ccc(CNC(=O)NC2CCC(C)CC2)cc1. The van der Waals surface area contributed by atoms with Crippen LogP contribution in [0.25, 0.3) is 0 Å². The number of hydrogen-bond donors (Lipinski definition) is 3. The molecule has 5 nitrogen and oxygen atoms in total. The molecule has 1 aliphatic carbocycles. The van der Waals surface area contributed by atoms with Gasteiger partial charge in [0.15, 0.2) is 0 Å². The van der Waals surface area contributed by atoms with Gasteiger partial charge in [-0.05, 0) is 49.3 Å². The van der Waals surface area contributed by atoms with Crippen molar-refractivity contribution in [1.82, 2.24) is 16.0 Å². The maximum Gasteiger partial charge on any atom is 0.315 e. The fourth-order valence-electron chi connectivity index (χ4n) is 2.74. The number of benzene rings is 1. The van der Waals surface area contributed by atoms with Gasteiger partial charge in [0.2, 0.25) is 0 Å². The first-order valence-corrected chi connectivity index (χ1v) is 7.94. The predicted octanol–water partition coefficient (Wildman–Crippen LogP) is 2.42. The number of rotatable bonds is 4. The van der Waals surface area contributed by atoms with Crippen LogP contribution < -0.4 is 16.0 Å². The fourth-order valence-corrected chi connectivity index (χ4v) is 2.74. The van der Waals surface area contributed by atoms with Crippen LogP contribution in [-0.4, -0.2) is 25.0 Å². The van der Waals surface area contributed by atoms with Gasteiger partial charge in [-0.2, -0.15) is 0 Å². The van der Waals surface area contributed by atoms with E-state index in [1.807, 2.05) is 12.1 Å². The Kier molecular flexibility index (Phi) is 5.81. The molecule has 0 aromatic heterocycles. The molecule has 1 saturated carbocycles. The third-order valence-electron chi connectivity index (χ3n) is 4.25. The third-order valence-corrected chi connectivity index (χ3v) is 4.25. The number of carbonyl (C=O) groups excluding carboxylic acids is 2. The van der Waals surface area contributed by atoms with E-state index < -0.39 is 0 Å². The maximum absolute atomic E-state index is 11.9. The van der Waals surface area contributed by atoms with E-state index in [1.165, 1.54) is 12.8 Å². The average Bonchev–Trinajstić information content (AvgIpc) is 2.55. The summed E-state index contributed by atoms with van der Waals surface area (Å²) in [6.07, 6.45) is 4.50. The van der Waals surface area contributed by atoms with Crippen molar-refractivity contribution in [2.75, 3.05) is 7.05 Å². The molecule has 0 spiro atoms. The molecule has 5 heteroatoms. The van der Waals surface area contributed by atoms with Crippen molar-refractivity contribution in [3.8, 4) is 0 Å². The minimum Gasteiger partial charge on any atom is -0.355 e. The van der Waals surface area contributed by atoms with E-state index in [4.69, 9.17) is 0 Å². The number of nitrogens with one attached hydrogen (secondary N) is 3.